The second-order valence-electron chi connectivity index (χ2n) is 8.28. The van der Waals surface area contributed by atoms with Crippen molar-refractivity contribution in [3.8, 4) is 12.0 Å². The van der Waals surface area contributed by atoms with Crippen molar-refractivity contribution in [3.63, 3.8) is 0 Å². The van der Waals surface area contributed by atoms with Gasteiger partial charge in [-0.3, -0.25) is 9.13 Å². The molecule has 6 rings (SSSR count). The van der Waals surface area contributed by atoms with Gasteiger partial charge in [0.15, 0.2) is 0 Å². The molecule has 4 aromatic rings. The first kappa shape index (κ1) is 23.0. The van der Waals surface area contributed by atoms with Crippen LogP contribution in [-0.2, 0) is 13.1 Å². The van der Waals surface area contributed by atoms with Gasteiger partial charge in [0.25, 0.3) is 0 Å². The number of nitro groups is 2. The van der Waals surface area contributed by atoms with Gasteiger partial charge in [-0.2, -0.15) is 0 Å². The number of nitrogens with zero attached hydrogens (tertiary/aromatic N) is 6. The van der Waals surface area contributed by atoms with Crippen LogP contribution in [-0.4, -0.2) is 28.9 Å². The van der Waals surface area contributed by atoms with E-state index in [2.05, 4.69) is 9.97 Å². The molecule has 0 radical (unpaired) electrons. The van der Waals surface area contributed by atoms with Crippen molar-refractivity contribution < 1.29 is 19.3 Å². The Morgan fingerprint density at radius 3 is 1.44 bits per heavy atom. The lowest BCUT2D eigenvalue weighted by Crippen LogP contribution is -2.18. The maximum atomic E-state index is 10.6. The fourth-order valence-corrected chi connectivity index (χ4v) is 4.15. The fraction of sp³-hybridized carbons (Fsp3) is 0.250. The lowest BCUT2D eigenvalue weighted by Gasteiger charge is -2.22. The summed E-state index contributed by atoms with van der Waals surface area (Å²) in [5, 5.41) is 21.3. The summed E-state index contributed by atoms with van der Waals surface area (Å²) in [6, 6.07) is 20.2. The molecule has 4 heterocycles. The average molecular weight is 490 g/mol. The summed E-state index contributed by atoms with van der Waals surface area (Å²) in [5.41, 5.74) is 2.13. The number of benzene rings is 2. The lowest BCUT2D eigenvalue weighted by atomic mass is 10.1. The molecule has 184 valence electrons. The van der Waals surface area contributed by atoms with Crippen LogP contribution in [0.5, 0.6) is 12.0 Å². The van der Waals surface area contributed by atoms with Crippen LogP contribution >= 0.6 is 0 Å². The summed E-state index contributed by atoms with van der Waals surface area (Å²) < 4.78 is 14.7. The smallest absolute Gasteiger partial charge is 0.414 e. The number of fused-ring (bicyclic) bond motifs is 2. The first-order valence-corrected chi connectivity index (χ1v) is 11.3. The molecule has 0 fully saturated rings. The van der Waals surface area contributed by atoms with E-state index in [-0.39, 0.29) is 23.8 Å². The highest BCUT2D eigenvalue weighted by molar-refractivity contribution is 5.26. The molecule has 12 heteroatoms. The number of ether oxygens (including phenoxy) is 2. The molecule has 0 saturated carbocycles. The molecular weight excluding hydrogens is 468 g/mol. The number of rotatable bonds is 4. The maximum absolute atomic E-state index is 10.6. The predicted octanol–water partition coefficient (Wildman–Crippen LogP) is 4.63. The third-order valence-corrected chi connectivity index (χ3v) is 5.93. The molecule has 0 spiro atoms. The van der Waals surface area contributed by atoms with Gasteiger partial charge in [0.2, 0.25) is 0 Å². The molecule has 2 aliphatic rings. The van der Waals surface area contributed by atoms with Gasteiger partial charge >= 0.3 is 23.7 Å². The first-order chi connectivity index (χ1) is 17.5. The van der Waals surface area contributed by atoms with Gasteiger partial charge in [0.1, 0.15) is 24.6 Å². The SMILES string of the molecule is O=[N+]([O-])c1cn2c(n1)O[C@@H](c1ccccc1)CC2.O=[N+]([O-])c1cn2c(n1)O[C@H](c1ccccc1)CC2. The van der Waals surface area contributed by atoms with Crippen LogP contribution in [0.15, 0.2) is 73.1 Å². The minimum atomic E-state index is -0.508. The van der Waals surface area contributed by atoms with Gasteiger partial charge in [-0.1, -0.05) is 60.7 Å². The van der Waals surface area contributed by atoms with Crippen molar-refractivity contribution in [2.75, 3.05) is 0 Å². The van der Waals surface area contributed by atoms with E-state index in [1.807, 2.05) is 60.7 Å². The zero-order valence-electron chi connectivity index (χ0n) is 19.0. The van der Waals surface area contributed by atoms with Crippen LogP contribution < -0.4 is 9.47 Å². The highest BCUT2D eigenvalue weighted by Gasteiger charge is 2.30. The van der Waals surface area contributed by atoms with Crippen LogP contribution in [0.1, 0.15) is 36.2 Å². The van der Waals surface area contributed by atoms with Gasteiger partial charge < -0.3 is 29.7 Å². The Kier molecular flexibility index (Phi) is 6.31. The molecule has 0 N–H and O–H groups in total. The van der Waals surface area contributed by atoms with Gasteiger partial charge in [0, 0.05) is 35.9 Å². The number of aryl methyl sites for hydroxylation is 2. The van der Waals surface area contributed by atoms with Crippen LogP contribution in [0.3, 0.4) is 0 Å². The Labute approximate surface area is 205 Å². The Hall–Kier alpha value is -4.74. The number of hydrogen-bond donors (Lipinski definition) is 0. The topological polar surface area (TPSA) is 140 Å². The Bertz CT molecular complexity index is 1260. The van der Waals surface area contributed by atoms with Crippen LogP contribution in [0.2, 0.25) is 0 Å². The van der Waals surface area contributed by atoms with E-state index >= 15 is 0 Å². The molecule has 2 atom stereocenters. The molecular formula is C24H22N6O6. The summed E-state index contributed by atoms with van der Waals surface area (Å²) in [7, 11) is 0. The standard InChI is InChI=1S/2C12H11N3O3/c2*16-15(17)11-8-14-7-6-10(18-12(14)13-11)9-4-2-1-3-5-9/h2*1-5,8,10H,6-7H2/t2*10-/m10/s1. The highest BCUT2D eigenvalue weighted by Crippen LogP contribution is 2.32. The van der Waals surface area contributed by atoms with Crippen molar-refractivity contribution in [2.45, 2.75) is 38.1 Å². The largest absolute Gasteiger partial charge is 0.438 e. The second kappa shape index (κ2) is 9.86. The Morgan fingerprint density at radius 1 is 0.694 bits per heavy atom. The highest BCUT2D eigenvalue weighted by atomic mass is 16.6. The number of aromatic nitrogens is 4. The molecule has 0 unspecified atom stereocenters. The minimum absolute atomic E-state index is 0.0827. The molecule has 36 heavy (non-hydrogen) atoms. The number of hydrogen-bond acceptors (Lipinski definition) is 8. The monoisotopic (exact) mass is 490 g/mol. The van der Waals surface area contributed by atoms with E-state index in [0.717, 1.165) is 24.0 Å². The molecule has 2 aromatic carbocycles. The average Bonchev–Trinajstić information content (AvgIpc) is 3.54. The summed E-state index contributed by atoms with van der Waals surface area (Å²) in [4.78, 5) is 28.0. The molecule has 0 aliphatic carbocycles. The van der Waals surface area contributed by atoms with E-state index in [1.165, 1.54) is 12.4 Å². The third kappa shape index (κ3) is 4.87. The normalized spacial score (nSPS) is 17.9. The molecule has 12 nitrogen and oxygen atoms in total. The van der Waals surface area contributed by atoms with Gasteiger partial charge in [-0.25, -0.2) is 0 Å². The van der Waals surface area contributed by atoms with E-state index in [0.29, 0.717) is 25.1 Å². The quantitative estimate of drug-likeness (QED) is 0.298. The molecule has 2 aromatic heterocycles. The summed E-state index contributed by atoms with van der Waals surface area (Å²) in [5.74, 6) is -0.336. The zero-order valence-corrected chi connectivity index (χ0v) is 19.0. The third-order valence-electron chi connectivity index (χ3n) is 5.93. The van der Waals surface area contributed by atoms with Crippen molar-refractivity contribution in [1.29, 1.82) is 0 Å². The van der Waals surface area contributed by atoms with E-state index < -0.39 is 9.85 Å². The lowest BCUT2D eigenvalue weighted by molar-refractivity contribution is -0.389. The number of imidazole rings is 2. The van der Waals surface area contributed by atoms with E-state index in [1.54, 1.807) is 9.13 Å². The Morgan fingerprint density at radius 2 is 1.08 bits per heavy atom. The van der Waals surface area contributed by atoms with Gasteiger partial charge in [-0.15, -0.1) is 0 Å². The minimum Gasteiger partial charge on any atom is -0.438 e. The molecule has 2 aliphatic heterocycles. The van der Waals surface area contributed by atoms with Crippen molar-refractivity contribution in [2.24, 2.45) is 0 Å². The summed E-state index contributed by atoms with van der Waals surface area (Å²) in [6.45, 7) is 1.35. The molecule has 0 saturated heterocycles. The first-order valence-electron chi connectivity index (χ1n) is 11.3. The summed E-state index contributed by atoms with van der Waals surface area (Å²) in [6.07, 6.45) is 4.23. The van der Waals surface area contributed by atoms with Crippen LogP contribution in [0, 0.1) is 20.2 Å². The second-order valence-corrected chi connectivity index (χ2v) is 8.28. The fourth-order valence-electron chi connectivity index (χ4n) is 4.15. The zero-order chi connectivity index (χ0) is 25.1. The van der Waals surface area contributed by atoms with Crippen molar-refractivity contribution >= 4 is 11.6 Å². The van der Waals surface area contributed by atoms with Crippen molar-refractivity contribution in [1.82, 2.24) is 19.1 Å². The van der Waals surface area contributed by atoms with Crippen LogP contribution in [0.25, 0.3) is 0 Å². The maximum Gasteiger partial charge on any atom is 0.414 e. The molecule has 0 amide bonds. The van der Waals surface area contributed by atoms with Crippen molar-refractivity contribution in [3.05, 3.63) is 104 Å². The van der Waals surface area contributed by atoms with E-state index in [4.69, 9.17) is 9.47 Å². The molecule has 0 bridgehead atoms. The predicted molar refractivity (Wildman–Crippen MR) is 127 cm³/mol. The Balaban J connectivity index is 0.000000148. The summed E-state index contributed by atoms with van der Waals surface area (Å²) >= 11 is 0. The van der Waals surface area contributed by atoms with Gasteiger partial charge in [0.05, 0.1) is 0 Å². The van der Waals surface area contributed by atoms with Crippen LogP contribution in [0.4, 0.5) is 11.6 Å². The van der Waals surface area contributed by atoms with E-state index in [9.17, 15) is 20.2 Å². The van der Waals surface area contributed by atoms with Gasteiger partial charge in [-0.05, 0) is 21.0 Å².